The van der Waals surface area contributed by atoms with E-state index in [0.717, 1.165) is 12.8 Å². The lowest BCUT2D eigenvalue weighted by Crippen LogP contribution is -2.32. The molecule has 8 nitrogen and oxygen atoms in total. The maximum Gasteiger partial charge on any atom is 0.238 e. The second-order valence-electron chi connectivity index (χ2n) is 12.7. The highest BCUT2D eigenvalue weighted by molar-refractivity contribution is 6.23. The van der Waals surface area contributed by atoms with Gasteiger partial charge in [-0.2, -0.15) is 0 Å². The fourth-order valence-electron chi connectivity index (χ4n) is 8.56. The van der Waals surface area contributed by atoms with E-state index in [-0.39, 0.29) is 71.0 Å². The van der Waals surface area contributed by atoms with Crippen molar-refractivity contribution >= 4 is 35.0 Å². The molecule has 2 saturated carbocycles. The Morgan fingerprint density at radius 1 is 0.455 bits per heavy atom. The molecule has 4 aliphatic carbocycles. The van der Waals surface area contributed by atoms with Crippen LogP contribution >= 0.6 is 0 Å². The molecular formula is C36H28N2O6. The Bertz CT molecular complexity index is 1660. The van der Waals surface area contributed by atoms with E-state index in [2.05, 4.69) is 24.3 Å². The Balaban J connectivity index is 0.918. The van der Waals surface area contributed by atoms with Gasteiger partial charge in [-0.05, 0) is 72.9 Å². The summed E-state index contributed by atoms with van der Waals surface area (Å²) in [5, 5.41) is 0. The van der Waals surface area contributed by atoms with Crippen LogP contribution in [0.15, 0.2) is 97.1 Å². The lowest BCUT2D eigenvalue weighted by molar-refractivity contribution is -0.124. The molecule has 2 saturated heterocycles. The molecule has 0 unspecified atom stereocenters. The van der Waals surface area contributed by atoms with Crippen LogP contribution in [-0.2, 0) is 19.2 Å². The minimum atomic E-state index is -0.261. The fraction of sp³-hybridized carbons (Fsp3) is 0.278. The fourth-order valence-corrected chi connectivity index (χ4v) is 8.56. The van der Waals surface area contributed by atoms with E-state index in [1.54, 1.807) is 72.8 Å². The summed E-state index contributed by atoms with van der Waals surface area (Å²) < 4.78 is 12.3. The normalized spacial score (nSPS) is 32.3. The highest BCUT2D eigenvalue weighted by atomic mass is 16.5. The number of imide groups is 2. The number of rotatable bonds is 6. The Hall–Kier alpha value is -4.98. The van der Waals surface area contributed by atoms with Gasteiger partial charge in [-0.25, -0.2) is 9.80 Å². The Kier molecular flexibility index (Phi) is 5.37. The summed E-state index contributed by atoms with van der Waals surface area (Å²) in [5.41, 5.74) is 1.02. The van der Waals surface area contributed by atoms with Crippen molar-refractivity contribution in [3.05, 3.63) is 97.1 Å². The summed E-state index contributed by atoms with van der Waals surface area (Å²) in [5.74, 6) is 1.03. The topological polar surface area (TPSA) is 93.2 Å². The first-order chi connectivity index (χ1) is 21.4. The minimum absolute atomic E-state index is 0.129. The van der Waals surface area contributed by atoms with Crippen molar-refractivity contribution in [2.75, 3.05) is 9.80 Å². The maximum atomic E-state index is 13.3. The summed E-state index contributed by atoms with van der Waals surface area (Å²) in [4.78, 5) is 55.7. The average molecular weight is 585 g/mol. The first-order valence-electron chi connectivity index (χ1n) is 15.2. The SMILES string of the molecule is O=C1[C@@H]2[C@H](C(=O)N1c1cccc(Oc3cccc(Oc4cccc(N5C(=O)[C@@H]6[C@H](C5=O)[C@H]5C=C[C@H]6C5)c4)c3)c1)[C@H]1C=C[C@H]2C1. The molecule has 0 spiro atoms. The molecule has 4 amide bonds. The quantitative estimate of drug-likeness (QED) is 0.265. The van der Waals surface area contributed by atoms with E-state index >= 15 is 0 Å². The first-order valence-corrected chi connectivity index (χ1v) is 15.2. The van der Waals surface area contributed by atoms with Crippen LogP contribution < -0.4 is 19.3 Å². The molecule has 2 heterocycles. The van der Waals surface area contributed by atoms with Crippen molar-refractivity contribution in [3.8, 4) is 23.0 Å². The third-order valence-corrected chi connectivity index (χ3v) is 10.4. The molecule has 8 atom stereocenters. The van der Waals surface area contributed by atoms with Gasteiger partial charge in [-0.1, -0.05) is 42.5 Å². The zero-order valence-electron chi connectivity index (χ0n) is 23.6. The lowest BCUT2D eigenvalue weighted by Gasteiger charge is -2.18. The molecule has 4 bridgehead atoms. The lowest BCUT2D eigenvalue weighted by atomic mass is 9.85. The van der Waals surface area contributed by atoms with E-state index < -0.39 is 0 Å². The zero-order valence-corrected chi connectivity index (χ0v) is 23.6. The number of allylic oxidation sites excluding steroid dienone is 4. The molecule has 6 aliphatic rings. The van der Waals surface area contributed by atoms with Crippen LogP contribution in [0.4, 0.5) is 11.4 Å². The van der Waals surface area contributed by atoms with E-state index in [1.165, 1.54) is 9.80 Å². The van der Waals surface area contributed by atoms with Crippen molar-refractivity contribution in [3.63, 3.8) is 0 Å². The molecule has 8 heteroatoms. The van der Waals surface area contributed by atoms with Crippen molar-refractivity contribution < 1.29 is 28.7 Å². The van der Waals surface area contributed by atoms with Crippen molar-refractivity contribution in [1.82, 2.24) is 0 Å². The second kappa shape index (κ2) is 9.26. The molecule has 0 radical (unpaired) electrons. The zero-order chi connectivity index (χ0) is 29.7. The number of carbonyl (C=O) groups excluding carboxylic acids is 4. The predicted octanol–water partition coefficient (Wildman–Crippen LogP) is 5.89. The smallest absolute Gasteiger partial charge is 0.238 e. The molecule has 2 aliphatic heterocycles. The molecule has 0 N–H and O–H groups in total. The van der Waals surface area contributed by atoms with E-state index in [9.17, 15) is 19.2 Å². The summed E-state index contributed by atoms with van der Waals surface area (Å²) in [6, 6.07) is 21.2. The van der Waals surface area contributed by atoms with Gasteiger partial charge in [0.1, 0.15) is 23.0 Å². The number of anilines is 2. The molecule has 218 valence electrons. The summed E-state index contributed by atoms with van der Waals surface area (Å²) >= 11 is 0. The third-order valence-electron chi connectivity index (χ3n) is 10.4. The van der Waals surface area contributed by atoms with Crippen LogP contribution in [0.5, 0.6) is 23.0 Å². The number of hydrogen-bond donors (Lipinski definition) is 0. The number of hydrogen-bond acceptors (Lipinski definition) is 6. The summed E-state index contributed by atoms with van der Waals surface area (Å²) in [7, 11) is 0. The van der Waals surface area contributed by atoms with Gasteiger partial charge in [0.25, 0.3) is 0 Å². The molecule has 3 aromatic carbocycles. The van der Waals surface area contributed by atoms with Gasteiger partial charge in [-0.15, -0.1) is 0 Å². The van der Waals surface area contributed by atoms with Crippen molar-refractivity contribution in [2.24, 2.45) is 47.3 Å². The average Bonchev–Trinajstić information content (AvgIpc) is 3.87. The van der Waals surface area contributed by atoms with Gasteiger partial charge < -0.3 is 9.47 Å². The van der Waals surface area contributed by atoms with Gasteiger partial charge in [0, 0.05) is 18.2 Å². The molecular weight excluding hydrogens is 556 g/mol. The van der Waals surface area contributed by atoms with Crippen molar-refractivity contribution in [1.29, 1.82) is 0 Å². The number of nitrogens with zero attached hydrogens (tertiary/aromatic N) is 2. The monoisotopic (exact) mass is 584 g/mol. The molecule has 44 heavy (non-hydrogen) atoms. The van der Waals surface area contributed by atoms with Gasteiger partial charge >= 0.3 is 0 Å². The minimum Gasteiger partial charge on any atom is -0.457 e. The first kappa shape index (κ1) is 25.5. The van der Waals surface area contributed by atoms with Gasteiger partial charge in [0.15, 0.2) is 0 Å². The predicted molar refractivity (Wildman–Crippen MR) is 160 cm³/mol. The Morgan fingerprint density at radius 3 is 1.14 bits per heavy atom. The van der Waals surface area contributed by atoms with Crippen LogP contribution in [-0.4, -0.2) is 23.6 Å². The van der Waals surface area contributed by atoms with Gasteiger partial charge in [0.2, 0.25) is 23.6 Å². The number of amides is 4. The highest BCUT2D eigenvalue weighted by Gasteiger charge is 2.60. The molecule has 3 aromatic rings. The van der Waals surface area contributed by atoms with Crippen molar-refractivity contribution in [2.45, 2.75) is 12.8 Å². The third kappa shape index (κ3) is 3.63. The van der Waals surface area contributed by atoms with E-state index in [0.29, 0.717) is 34.4 Å². The molecule has 0 aromatic heterocycles. The van der Waals surface area contributed by atoms with E-state index in [1.807, 2.05) is 0 Å². The highest BCUT2D eigenvalue weighted by Crippen LogP contribution is 2.54. The van der Waals surface area contributed by atoms with Crippen LogP contribution in [0.1, 0.15) is 12.8 Å². The van der Waals surface area contributed by atoms with Gasteiger partial charge in [0.05, 0.1) is 35.0 Å². The standard InChI is InChI=1S/C36H28N2O6/c39-33-29-19-10-11-20(14-19)30(29)34(40)37(33)23-4-1-6-25(16-23)43-27-8-3-9-28(18-27)44-26-7-2-5-24(17-26)38-35(41)31-21-12-13-22(15-21)32(31)36(38)42/h1-13,16-22,29-32H,14-15H2/t19-,20-,21-,22-,29-,30+,31-,32+/m0/s1. The molecule has 9 rings (SSSR count). The Morgan fingerprint density at radius 2 is 0.773 bits per heavy atom. The van der Waals surface area contributed by atoms with Crippen LogP contribution in [0.2, 0.25) is 0 Å². The van der Waals surface area contributed by atoms with Gasteiger partial charge in [-0.3, -0.25) is 19.2 Å². The largest absolute Gasteiger partial charge is 0.457 e. The van der Waals surface area contributed by atoms with Crippen LogP contribution in [0, 0.1) is 47.3 Å². The second-order valence-corrected chi connectivity index (χ2v) is 12.7. The number of fused-ring (bicyclic) bond motifs is 10. The maximum absolute atomic E-state index is 13.3. The molecule has 4 fully saturated rings. The number of carbonyl (C=O) groups is 4. The number of ether oxygens (including phenoxy) is 2. The summed E-state index contributed by atoms with van der Waals surface area (Å²) in [6.45, 7) is 0. The number of benzene rings is 3. The van der Waals surface area contributed by atoms with E-state index in [4.69, 9.17) is 9.47 Å². The Labute approximate surface area is 253 Å². The van der Waals surface area contributed by atoms with Crippen LogP contribution in [0.25, 0.3) is 0 Å². The van der Waals surface area contributed by atoms with Crippen LogP contribution in [0.3, 0.4) is 0 Å². The summed E-state index contributed by atoms with van der Waals surface area (Å²) in [6.07, 6.45) is 10.1.